The predicted octanol–water partition coefficient (Wildman–Crippen LogP) is 3.49. The summed E-state index contributed by atoms with van der Waals surface area (Å²) in [4.78, 5) is 3.27. The minimum absolute atomic E-state index is 0.0692. The second kappa shape index (κ2) is 3.72. The lowest BCUT2D eigenvalue weighted by Gasteiger charge is -2.08. The van der Waals surface area contributed by atoms with Gasteiger partial charge in [0.2, 0.25) is 0 Å². The van der Waals surface area contributed by atoms with Gasteiger partial charge < -0.3 is 0 Å². The first-order chi connectivity index (χ1) is 5.95. The minimum Gasteiger partial charge on any atom is -0.246 e. The van der Waals surface area contributed by atoms with E-state index in [0.717, 1.165) is 6.07 Å². The van der Waals surface area contributed by atoms with Gasteiger partial charge >= 0.3 is 6.18 Å². The zero-order valence-corrected chi connectivity index (χ0v) is 7.71. The van der Waals surface area contributed by atoms with Crippen LogP contribution in [0.15, 0.2) is 12.1 Å². The molecule has 1 rings (SSSR count). The highest BCUT2D eigenvalue weighted by atomic mass is 35.5. The van der Waals surface area contributed by atoms with Gasteiger partial charge in [-0.2, -0.15) is 13.2 Å². The van der Waals surface area contributed by atoms with E-state index < -0.39 is 16.9 Å². The normalized spacial score (nSPS) is 11.8. The van der Waals surface area contributed by atoms with E-state index in [2.05, 4.69) is 4.98 Å². The highest BCUT2D eigenvalue weighted by Gasteiger charge is 2.35. The summed E-state index contributed by atoms with van der Waals surface area (Å²) in [6.07, 6.45) is -4.53. The number of rotatable bonds is 1. The van der Waals surface area contributed by atoms with Crippen LogP contribution in [0.4, 0.5) is 13.2 Å². The maximum atomic E-state index is 12.2. The molecule has 1 aromatic rings. The smallest absolute Gasteiger partial charge is 0.246 e. The van der Waals surface area contributed by atoms with Gasteiger partial charge in [-0.15, -0.1) is 11.6 Å². The van der Waals surface area contributed by atoms with Crippen LogP contribution in [0.2, 0.25) is 5.02 Å². The monoisotopic (exact) mass is 229 g/mol. The van der Waals surface area contributed by atoms with Crippen molar-refractivity contribution in [2.75, 3.05) is 0 Å². The second-order valence-electron chi connectivity index (χ2n) is 2.26. The molecule has 1 heterocycles. The summed E-state index contributed by atoms with van der Waals surface area (Å²) in [6.45, 7) is 0. The van der Waals surface area contributed by atoms with Crippen molar-refractivity contribution >= 4 is 23.2 Å². The van der Waals surface area contributed by atoms with Crippen LogP contribution in [0.3, 0.4) is 0 Å². The summed E-state index contributed by atoms with van der Waals surface area (Å²) < 4.78 is 36.5. The first kappa shape index (κ1) is 10.6. The van der Waals surface area contributed by atoms with Crippen LogP contribution in [-0.2, 0) is 12.1 Å². The number of hydrogen-bond donors (Lipinski definition) is 0. The second-order valence-corrected chi connectivity index (χ2v) is 2.94. The fourth-order valence-corrected chi connectivity index (χ4v) is 1.12. The Labute approximate surface area is 82.5 Å². The van der Waals surface area contributed by atoms with Crippen LogP contribution < -0.4 is 0 Å². The predicted molar refractivity (Wildman–Crippen MR) is 43.8 cm³/mol. The van der Waals surface area contributed by atoms with Gasteiger partial charge in [0.15, 0.2) is 5.69 Å². The maximum absolute atomic E-state index is 12.2. The van der Waals surface area contributed by atoms with Gasteiger partial charge in [-0.25, -0.2) is 4.98 Å². The molecule has 0 aliphatic heterocycles. The summed E-state index contributed by atoms with van der Waals surface area (Å²) in [5, 5.41) is -0.415. The summed E-state index contributed by atoms with van der Waals surface area (Å²) in [5.74, 6) is -0.0692. The van der Waals surface area contributed by atoms with Crippen LogP contribution in [-0.4, -0.2) is 4.98 Å². The highest BCUT2D eigenvalue weighted by Crippen LogP contribution is 2.33. The average Bonchev–Trinajstić information content (AvgIpc) is 2.03. The molecular weight excluding hydrogens is 226 g/mol. The van der Waals surface area contributed by atoms with Crippen molar-refractivity contribution in [3.8, 4) is 0 Å². The largest absolute Gasteiger partial charge is 0.434 e. The van der Waals surface area contributed by atoms with E-state index in [0.29, 0.717) is 0 Å². The van der Waals surface area contributed by atoms with Crippen molar-refractivity contribution in [2.24, 2.45) is 0 Å². The summed E-state index contributed by atoms with van der Waals surface area (Å²) in [7, 11) is 0. The Morgan fingerprint density at radius 1 is 1.31 bits per heavy atom. The number of aromatic nitrogens is 1. The summed E-state index contributed by atoms with van der Waals surface area (Å²) in [5.41, 5.74) is -0.939. The molecule has 0 spiro atoms. The molecule has 1 nitrogen and oxygen atoms in total. The average molecular weight is 230 g/mol. The van der Waals surface area contributed by atoms with E-state index in [1.54, 1.807) is 0 Å². The third-order valence-electron chi connectivity index (χ3n) is 1.31. The standard InChI is InChI=1S/C7H4Cl2F3N/c8-3-4-1-2-5(9)6(13-4)7(10,11)12/h1-2H,3H2. The zero-order chi connectivity index (χ0) is 10.1. The topological polar surface area (TPSA) is 12.9 Å². The highest BCUT2D eigenvalue weighted by molar-refractivity contribution is 6.31. The number of nitrogens with zero attached hydrogens (tertiary/aromatic N) is 1. The van der Waals surface area contributed by atoms with Crippen LogP contribution in [0.25, 0.3) is 0 Å². The number of hydrogen-bond acceptors (Lipinski definition) is 1. The summed E-state index contributed by atoms with van der Waals surface area (Å²) >= 11 is 10.6. The van der Waals surface area contributed by atoms with Crippen LogP contribution in [0.5, 0.6) is 0 Å². The molecule has 0 atom stereocenters. The molecular formula is C7H4Cl2F3N. The molecule has 0 saturated carbocycles. The number of halogens is 5. The first-order valence-electron chi connectivity index (χ1n) is 3.23. The van der Waals surface area contributed by atoms with Crippen molar-refractivity contribution in [3.63, 3.8) is 0 Å². The molecule has 0 aliphatic rings. The molecule has 0 bridgehead atoms. The third kappa shape index (κ3) is 2.48. The van der Waals surface area contributed by atoms with Crippen LogP contribution >= 0.6 is 23.2 Å². The van der Waals surface area contributed by atoms with E-state index in [-0.39, 0.29) is 11.6 Å². The quantitative estimate of drug-likeness (QED) is 0.673. The molecule has 0 unspecified atom stereocenters. The molecule has 0 amide bonds. The van der Waals surface area contributed by atoms with Gasteiger partial charge in [-0.1, -0.05) is 11.6 Å². The van der Waals surface area contributed by atoms with E-state index in [1.165, 1.54) is 6.07 Å². The Morgan fingerprint density at radius 2 is 1.92 bits per heavy atom. The minimum atomic E-state index is -4.53. The number of alkyl halides is 4. The van der Waals surface area contributed by atoms with Gasteiger partial charge in [0.1, 0.15) is 0 Å². The number of pyridine rings is 1. The van der Waals surface area contributed by atoms with Crippen molar-refractivity contribution in [3.05, 3.63) is 28.5 Å². The van der Waals surface area contributed by atoms with Crippen molar-refractivity contribution < 1.29 is 13.2 Å². The van der Waals surface area contributed by atoms with Gasteiger partial charge in [0.05, 0.1) is 16.6 Å². The van der Waals surface area contributed by atoms with Crippen LogP contribution in [0.1, 0.15) is 11.4 Å². The first-order valence-corrected chi connectivity index (χ1v) is 4.15. The molecule has 6 heteroatoms. The van der Waals surface area contributed by atoms with E-state index in [1.807, 2.05) is 0 Å². The lowest BCUT2D eigenvalue weighted by Crippen LogP contribution is -2.09. The SMILES string of the molecule is FC(F)(F)c1nc(CCl)ccc1Cl. The Kier molecular flexibility index (Phi) is 3.03. The van der Waals surface area contributed by atoms with Gasteiger partial charge in [-0.05, 0) is 12.1 Å². The molecule has 0 aliphatic carbocycles. The Morgan fingerprint density at radius 3 is 2.38 bits per heavy atom. The Hall–Kier alpha value is -0.480. The van der Waals surface area contributed by atoms with Crippen LogP contribution in [0, 0.1) is 0 Å². The fourth-order valence-electron chi connectivity index (χ4n) is 0.756. The molecule has 0 radical (unpaired) electrons. The molecule has 0 saturated heterocycles. The fraction of sp³-hybridized carbons (Fsp3) is 0.286. The third-order valence-corrected chi connectivity index (χ3v) is 1.89. The molecule has 1 aromatic heterocycles. The van der Waals surface area contributed by atoms with E-state index >= 15 is 0 Å². The van der Waals surface area contributed by atoms with Gasteiger partial charge in [0.25, 0.3) is 0 Å². The molecule has 72 valence electrons. The van der Waals surface area contributed by atoms with Crippen molar-refractivity contribution in [1.29, 1.82) is 0 Å². The molecule has 0 fully saturated rings. The lowest BCUT2D eigenvalue weighted by molar-refractivity contribution is -0.141. The Balaban J connectivity index is 3.19. The van der Waals surface area contributed by atoms with Crippen molar-refractivity contribution in [1.82, 2.24) is 4.98 Å². The van der Waals surface area contributed by atoms with Gasteiger partial charge in [-0.3, -0.25) is 0 Å². The Bertz CT molecular complexity index is 311. The zero-order valence-electron chi connectivity index (χ0n) is 6.20. The molecule has 0 aromatic carbocycles. The maximum Gasteiger partial charge on any atom is 0.434 e. The van der Waals surface area contributed by atoms with Crippen molar-refractivity contribution in [2.45, 2.75) is 12.1 Å². The molecule has 13 heavy (non-hydrogen) atoms. The lowest BCUT2D eigenvalue weighted by atomic mass is 10.3. The van der Waals surface area contributed by atoms with E-state index in [4.69, 9.17) is 23.2 Å². The van der Waals surface area contributed by atoms with Gasteiger partial charge in [0, 0.05) is 0 Å². The molecule has 0 N–H and O–H groups in total. The summed E-state index contributed by atoms with van der Waals surface area (Å²) in [6, 6.07) is 2.49. The van der Waals surface area contributed by atoms with E-state index in [9.17, 15) is 13.2 Å².